The third-order valence-corrected chi connectivity index (χ3v) is 5.29. The van der Waals surface area contributed by atoms with E-state index in [-0.39, 0.29) is 17.9 Å². The second-order valence-corrected chi connectivity index (χ2v) is 6.99. The van der Waals surface area contributed by atoms with Gasteiger partial charge in [-0.2, -0.15) is 0 Å². The van der Waals surface area contributed by atoms with Crippen molar-refractivity contribution in [2.24, 2.45) is 0 Å². The lowest BCUT2D eigenvalue weighted by Gasteiger charge is -2.33. The first-order valence-corrected chi connectivity index (χ1v) is 9.41. The Labute approximate surface area is 158 Å². The Hall–Kier alpha value is -2.89. The SMILES string of the molecule is CC1Oc2ccccc2N(CCC(=O)N2CCCC2c2ccncc2)C1=O. The molecule has 2 aliphatic rings. The van der Waals surface area contributed by atoms with Gasteiger partial charge in [0.2, 0.25) is 5.91 Å². The van der Waals surface area contributed by atoms with Gasteiger partial charge in [-0.25, -0.2) is 0 Å². The van der Waals surface area contributed by atoms with Gasteiger partial charge in [0.1, 0.15) is 5.75 Å². The maximum atomic E-state index is 12.9. The molecular weight excluding hydrogens is 342 g/mol. The molecule has 0 bridgehead atoms. The summed E-state index contributed by atoms with van der Waals surface area (Å²) in [5.41, 5.74) is 1.86. The zero-order valence-electron chi connectivity index (χ0n) is 15.4. The summed E-state index contributed by atoms with van der Waals surface area (Å²) < 4.78 is 5.66. The normalized spacial score (nSPS) is 21.7. The van der Waals surface area contributed by atoms with Crippen molar-refractivity contribution < 1.29 is 14.3 Å². The van der Waals surface area contributed by atoms with Crippen molar-refractivity contribution in [2.75, 3.05) is 18.0 Å². The predicted molar refractivity (Wildman–Crippen MR) is 101 cm³/mol. The quantitative estimate of drug-likeness (QED) is 0.836. The smallest absolute Gasteiger partial charge is 0.267 e. The molecule has 2 unspecified atom stereocenters. The number of hydrogen-bond donors (Lipinski definition) is 0. The summed E-state index contributed by atoms with van der Waals surface area (Å²) in [4.78, 5) is 33.2. The Bertz CT molecular complexity index is 840. The van der Waals surface area contributed by atoms with Crippen LogP contribution in [0.15, 0.2) is 48.8 Å². The second-order valence-electron chi connectivity index (χ2n) is 6.99. The number of aromatic nitrogens is 1. The van der Waals surface area contributed by atoms with Gasteiger partial charge in [0.25, 0.3) is 5.91 Å². The summed E-state index contributed by atoms with van der Waals surface area (Å²) in [6, 6.07) is 11.5. The minimum Gasteiger partial charge on any atom is -0.479 e. The van der Waals surface area contributed by atoms with E-state index in [4.69, 9.17) is 4.74 Å². The molecule has 0 saturated carbocycles. The number of hydrogen-bond acceptors (Lipinski definition) is 4. The first-order valence-electron chi connectivity index (χ1n) is 9.41. The molecule has 0 aliphatic carbocycles. The maximum Gasteiger partial charge on any atom is 0.267 e. The number of likely N-dealkylation sites (tertiary alicyclic amines) is 1. The fourth-order valence-corrected chi connectivity index (χ4v) is 3.94. The first-order chi connectivity index (χ1) is 13.1. The molecule has 2 amide bonds. The lowest BCUT2D eigenvalue weighted by atomic mass is 10.1. The number of benzene rings is 1. The van der Waals surface area contributed by atoms with Crippen molar-refractivity contribution in [3.8, 4) is 5.75 Å². The minimum absolute atomic E-state index is 0.0822. The van der Waals surface area contributed by atoms with Gasteiger partial charge in [-0.1, -0.05) is 12.1 Å². The van der Waals surface area contributed by atoms with Crippen molar-refractivity contribution in [3.63, 3.8) is 0 Å². The molecule has 27 heavy (non-hydrogen) atoms. The molecule has 2 aromatic rings. The molecule has 1 aromatic heterocycles. The van der Waals surface area contributed by atoms with Crippen LogP contribution in [0.3, 0.4) is 0 Å². The average molecular weight is 365 g/mol. The van der Waals surface area contributed by atoms with Crippen molar-refractivity contribution in [1.29, 1.82) is 0 Å². The van der Waals surface area contributed by atoms with E-state index >= 15 is 0 Å². The first kappa shape index (κ1) is 17.5. The maximum absolute atomic E-state index is 12.9. The second kappa shape index (κ2) is 7.39. The van der Waals surface area contributed by atoms with Crippen LogP contribution in [0.1, 0.15) is 37.8 Å². The number of carbonyl (C=O) groups is 2. The minimum atomic E-state index is -0.536. The summed E-state index contributed by atoms with van der Waals surface area (Å²) in [6.07, 6.45) is 5.25. The molecule has 2 atom stereocenters. The van der Waals surface area contributed by atoms with Gasteiger partial charge >= 0.3 is 0 Å². The Balaban J connectivity index is 1.47. The summed E-state index contributed by atoms with van der Waals surface area (Å²) >= 11 is 0. The topological polar surface area (TPSA) is 62.7 Å². The Morgan fingerprint density at radius 3 is 2.81 bits per heavy atom. The number of anilines is 1. The van der Waals surface area contributed by atoms with Crippen molar-refractivity contribution >= 4 is 17.5 Å². The van der Waals surface area contributed by atoms with Gasteiger partial charge in [-0.15, -0.1) is 0 Å². The van der Waals surface area contributed by atoms with Crippen LogP contribution in [0.2, 0.25) is 0 Å². The third-order valence-electron chi connectivity index (χ3n) is 5.29. The van der Waals surface area contributed by atoms with Gasteiger partial charge in [-0.05, 0) is 49.6 Å². The Kier molecular flexibility index (Phi) is 4.79. The van der Waals surface area contributed by atoms with E-state index in [1.165, 1.54) is 0 Å². The molecule has 1 saturated heterocycles. The highest BCUT2D eigenvalue weighted by Gasteiger charge is 2.33. The van der Waals surface area contributed by atoms with E-state index in [9.17, 15) is 9.59 Å². The van der Waals surface area contributed by atoms with Crippen LogP contribution in [-0.2, 0) is 9.59 Å². The lowest BCUT2D eigenvalue weighted by Crippen LogP contribution is -2.46. The molecule has 6 nitrogen and oxygen atoms in total. The van der Waals surface area contributed by atoms with Crippen LogP contribution < -0.4 is 9.64 Å². The molecule has 0 radical (unpaired) electrons. The lowest BCUT2D eigenvalue weighted by molar-refractivity contribution is -0.132. The summed E-state index contributed by atoms with van der Waals surface area (Å²) in [6.45, 7) is 2.87. The standard InChI is InChI=1S/C21H23N3O3/c1-15-21(26)24(18-5-2-3-7-19(18)27-15)14-10-20(25)23-13-4-6-17(23)16-8-11-22-12-9-16/h2-3,5,7-9,11-12,15,17H,4,6,10,13-14H2,1H3. The van der Waals surface area contributed by atoms with Crippen LogP contribution >= 0.6 is 0 Å². The highest BCUT2D eigenvalue weighted by atomic mass is 16.5. The van der Waals surface area contributed by atoms with Crippen LogP contribution in [0.5, 0.6) is 5.75 Å². The van der Waals surface area contributed by atoms with Gasteiger partial charge in [-0.3, -0.25) is 14.6 Å². The van der Waals surface area contributed by atoms with E-state index in [2.05, 4.69) is 4.98 Å². The highest BCUT2D eigenvalue weighted by molar-refractivity contribution is 6.00. The number of amides is 2. The molecule has 0 spiro atoms. The van der Waals surface area contributed by atoms with Crippen molar-refractivity contribution in [1.82, 2.24) is 9.88 Å². The van der Waals surface area contributed by atoms with Gasteiger partial charge in [0.05, 0.1) is 11.7 Å². The molecule has 6 heteroatoms. The number of para-hydroxylation sites is 2. The number of pyridine rings is 1. The van der Waals surface area contributed by atoms with Gasteiger partial charge in [0.15, 0.2) is 6.10 Å². The van der Waals surface area contributed by atoms with E-state index in [1.807, 2.05) is 41.3 Å². The van der Waals surface area contributed by atoms with E-state index in [0.29, 0.717) is 18.7 Å². The Morgan fingerprint density at radius 2 is 2.00 bits per heavy atom. The fraction of sp³-hybridized carbons (Fsp3) is 0.381. The number of carbonyl (C=O) groups excluding carboxylic acids is 2. The molecule has 3 heterocycles. The fourth-order valence-electron chi connectivity index (χ4n) is 3.94. The molecule has 1 fully saturated rings. The predicted octanol–water partition coefficient (Wildman–Crippen LogP) is 2.95. The largest absolute Gasteiger partial charge is 0.479 e. The van der Waals surface area contributed by atoms with Crippen molar-refractivity contribution in [3.05, 3.63) is 54.4 Å². The van der Waals surface area contributed by atoms with Gasteiger partial charge < -0.3 is 14.5 Å². The molecule has 2 aliphatic heterocycles. The Morgan fingerprint density at radius 1 is 1.22 bits per heavy atom. The number of fused-ring (bicyclic) bond motifs is 1. The van der Waals surface area contributed by atoms with E-state index in [1.54, 1.807) is 24.2 Å². The summed E-state index contributed by atoms with van der Waals surface area (Å²) in [5, 5.41) is 0. The van der Waals surface area contributed by atoms with E-state index < -0.39 is 6.10 Å². The van der Waals surface area contributed by atoms with Gasteiger partial charge in [0, 0.05) is 31.9 Å². The molecule has 0 N–H and O–H groups in total. The van der Waals surface area contributed by atoms with E-state index in [0.717, 1.165) is 30.6 Å². The van der Waals surface area contributed by atoms with Crippen LogP contribution in [0.4, 0.5) is 5.69 Å². The molecule has 1 aromatic carbocycles. The highest BCUT2D eigenvalue weighted by Crippen LogP contribution is 2.35. The average Bonchev–Trinajstić information content (AvgIpc) is 3.19. The van der Waals surface area contributed by atoms with Crippen LogP contribution in [0, 0.1) is 0 Å². The zero-order valence-corrected chi connectivity index (χ0v) is 15.4. The third kappa shape index (κ3) is 3.39. The number of rotatable bonds is 4. The summed E-state index contributed by atoms with van der Waals surface area (Å²) in [7, 11) is 0. The van der Waals surface area contributed by atoms with Crippen LogP contribution in [-0.4, -0.2) is 40.9 Å². The molecular formula is C21H23N3O3. The number of nitrogens with zero attached hydrogens (tertiary/aromatic N) is 3. The number of ether oxygens (including phenoxy) is 1. The van der Waals surface area contributed by atoms with Crippen LogP contribution in [0.25, 0.3) is 0 Å². The monoisotopic (exact) mass is 365 g/mol. The zero-order chi connectivity index (χ0) is 18.8. The molecule has 4 rings (SSSR count). The molecule has 140 valence electrons. The summed E-state index contributed by atoms with van der Waals surface area (Å²) in [5.74, 6) is 0.667. The van der Waals surface area contributed by atoms with Crippen molar-refractivity contribution in [2.45, 2.75) is 38.3 Å².